The van der Waals surface area contributed by atoms with E-state index in [2.05, 4.69) is 29.5 Å². The highest BCUT2D eigenvalue weighted by Gasteiger charge is 2.31. The quantitative estimate of drug-likeness (QED) is 0.186. The third-order valence-electron chi connectivity index (χ3n) is 8.21. The molecule has 1 saturated heterocycles. The number of ether oxygens (including phenoxy) is 1. The van der Waals surface area contributed by atoms with Gasteiger partial charge in [0.2, 0.25) is 0 Å². The number of urea groups is 1. The third-order valence-corrected chi connectivity index (χ3v) is 9.41. The molecule has 2 N–H and O–H groups in total. The molecular weight excluding hydrogens is 600 g/mol. The number of carbonyl (C=O) groups is 3. The van der Waals surface area contributed by atoms with E-state index in [1.54, 1.807) is 19.2 Å². The van der Waals surface area contributed by atoms with Gasteiger partial charge >= 0.3 is 12.0 Å². The average molecular weight is 645 g/mol. The number of pyridine rings is 1. The van der Waals surface area contributed by atoms with E-state index in [0.29, 0.717) is 22.0 Å². The van der Waals surface area contributed by atoms with Crippen LogP contribution in [0, 0.1) is 5.92 Å². The number of benzene rings is 1. The molecule has 3 amide bonds. The zero-order chi connectivity index (χ0) is 32.6. The Bertz CT molecular complexity index is 1640. The summed E-state index contributed by atoms with van der Waals surface area (Å²) < 4.78 is 7.36. The Balaban J connectivity index is 1.54. The molecule has 1 fully saturated rings. The second kappa shape index (κ2) is 15.4. The van der Waals surface area contributed by atoms with Crippen LogP contribution >= 0.6 is 11.3 Å². The summed E-state index contributed by atoms with van der Waals surface area (Å²) in [6, 6.07) is 12.0. The molecule has 10 nitrogen and oxygen atoms in total. The van der Waals surface area contributed by atoms with Crippen molar-refractivity contribution in [3.63, 3.8) is 0 Å². The van der Waals surface area contributed by atoms with Gasteiger partial charge in [0.1, 0.15) is 16.7 Å². The van der Waals surface area contributed by atoms with Crippen LogP contribution in [-0.4, -0.2) is 63.1 Å². The Morgan fingerprint density at radius 2 is 1.74 bits per heavy atom. The Morgan fingerprint density at radius 1 is 1.00 bits per heavy atom. The maximum Gasteiger partial charge on any atom is 0.329 e. The van der Waals surface area contributed by atoms with E-state index in [9.17, 15) is 14.4 Å². The van der Waals surface area contributed by atoms with Gasteiger partial charge in [-0.2, -0.15) is 0 Å². The summed E-state index contributed by atoms with van der Waals surface area (Å²) in [6.45, 7) is 7.61. The lowest BCUT2D eigenvalue weighted by Gasteiger charge is -2.25. The van der Waals surface area contributed by atoms with Crippen molar-refractivity contribution in [2.45, 2.75) is 71.4 Å². The summed E-state index contributed by atoms with van der Waals surface area (Å²) >= 11 is 1.41. The van der Waals surface area contributed by atoms with Gasteiger partial charge in [-0.15, -0.1) is 11.3 Å². The minimum absolute atomic E-state index is 0.0989. The summed E-state index contributed by atoms with van der Waals surface area (Å²) in [5.74, 6) is -0.754. The summed E-state index contributed by atoms with van der Waals surface area (Å²) in [4.78, 5) is 52.6. The van der Waals surface area contributed by atoms with E-state index < -0.39 is 17.9 Å². The molecule has 0 aliphatic carbocycles. The van der Waals surface area contributed by atoms with E-state index in [4.69, 9.17) is 9.72 Å². The summed E-state index contributed by atoms with van der Waals surface area (Å²) in [7, 11) is 1.97. The molecule has 244 valence electrons. The lowest BCUT2D eigenvalue weighted by molar-refractivity contribution is -0.145. The van der Waals surface area contributed by atoms with E-state index in [1.165, 1.54) is 11.3 Å². The molecule has 0 saturated carbocycles. The first-order valence-corrected chi connectivity index (χ1v) is 17.0. The van der Waals surface area contributed by atoms with Crippen LogP contribution in [0.3, 0.4) is 0 Å². The summed E-state index contributed by atoms with van der Waals surface area (Å²) in [5, 5.41) is 7.81. The number of rotatable bonds is 11. The van der Waals surface area contributed by atoms with Crippen molar-refractivity contribution in [3.8, 4) is 10.4 Å². The molecule has 0 radical (unpaired) electrons. The zero-order valence-electron chi connectivity index (χ0n) is 27.1. The van der Waals surface area contributed by atoms with Gasteiger partial charge in [-0.25, -0.2) is 14.6 Å². The number of fused-ring (bicyclic) bond motifs is 1. The topological polar surface area (TPSA) is 118 Å². The molecule has 4 heterocycles. The minimum atomic E-state index is -0.956. The molecule has 0 unspecified atom stereocenters. The molecule has 1 aliphatic heterocycles. The molecule has 46 heavy (non-hydrogen) atoms. The molecule has 4 aromatic rings. The predicted octanol–water partition coefficient (Wildman–Crippen LogP) is 6.27. The lowest BCUT2D eigenvalue weighted by atomic mass is 10.0. The Hall–Kier alpha value is -4.25. The van der Waals surface area contributed by atoms with Gasteiger partial charge in [0.05, 0.1) is 17.5 Å². The Labute approximate surface area is 274 Å². The highest BCUT2D eigenvalue weighted by Crippen LogP contribution is 2.39. The molecule has 5 rings (SSSR count). The molecule has 0 bridgehead atoms. The van der Waals surface area contributed by atoms with Gasteiger partial charge in [0.25, 0.3) is 5.91 Å². The van der Waals surface area contributed by atoms with E-state index in [-0.39, 0.29) is 36.7 Å². The average Bonchev–Trinajstić information content (AvgIpc) is 3.51. The molecule has 0 spiro atoms. The normalized spacial score (nSPS) is 14.9. The number of aryl methyl sites for hydroxylation is 1. The smallest absolute Gasteiger partial charge is 0.329 e. The maximum absolute atomic E-state index is 14.2. The van der Waals surface area contributed by atoms with Gasteiger partial charge in [0.15, 0.2) is 0 Å². The van der Waals surface area contributed by atoms with Crippen LogP contribution in [0.15, 0.2) is 54.9 Å². The van der Waals surface area contributed by atoms with Gasteiger partial charge in [0, 0.05) is 61.1 Å². The van der Waals surface area contributed by atoms with Gasteiger partial charge in [-0.1, -0.05) is 51.0 Å². The van der Waals surface area contributed by atoms with Crippen LogP contribution in [0.25, 0.3) is 21.3 Å². The number of nitrogens with zero attached hydrogens (tertiary/aromatic N) is 4. The fraction of sp³-hybridized carbons (Fsp3) is 0.457. The van der Waals surface area contributed by atoms with E-state index in [0.717, 1.165) is 55.2 Å². The standard InChI is InChI=1S/C35H44N6O4S/c1-5-45-34(43)28(21-24-14-10-11-17-36-24)37-32(42)30-31(26-22-40(4)29-16-9-8-15-25(26)29)46-33(39-30)27(20-23(2)3)38-35(44)41-18-12-6-7-13-19-41/h8-11,14-17,22-23,27-28H,5-7,12-13,18-21H2,1-4H3,(H,37,42)(H,38,44)/t27-,28+/m0/s1. The van der Waals surface area contributed by atoms with Crippen LogP contribution < -0.4 is 10.6 Å². The van der Waals surface area contributed by atoms with Gasteiger partial charge in [-0.05, 0) is 50.3 Å². The predicted molar refractivity (Wildman–Crippen MR) is 181 cm³/mol. The number of likely N-dealkylation sites (tertiary alicyclic amines) is 1. The second-order valence-electron chi connectivity index (χ2n) is 12.2. The molecule has 1 aliphatic rings. The highest BCUT2D eigenvalue weighted by molar-refractivity contribution is 7.15. The summed E-state index contributed by atoms with van der Waals surface area (Å²) in [6.07, 6.45) is 8.74. The van der Waals surface area contributed by atoms with Crippen molar-refractivity contribution < 1.29 is 19.1 Å². The van der Waals surface area contributed by atoms with Crippen LogP contribution in [0.2, 0.25) is 0 Å². The van der Waals surface area contributed by atoms with Crippen molar-refractivity contribution in [1.29, 1.82) is 0 Å². The summed E-state index contributed by atoms with van der Waals surface area (Å²) in [5.41, 5.74) is 2.75. The lowest BCUT2D eigenvalue weighted by Crippen LogP contribution is -2.44. The molecule has 11 heteroatoms. The highest BCUT2D eigenvalue weighted by atomic mass is 32.1. The number of amides is 3. The van der Waals surface area contributed by atoms with Crippen LogP contribution in [0.5, 0.6) is 0 Å². The number of nitrogens with one attached hydrogen (secondary N) is 2. The molecule has 2 atom stereocenters. The van der Waals surface area contributed by atoms with Crippen molar-refractivity contribution in [1.82, 2.24) is 30.1 Å². The number of para-hydroxylation sites is 1. The van der Waals surface area contributed by atoms with Gasteiger partial charge in [-0.3, -0.25) is 9.78 Å². The fourth-order valence-corrected chi connectivity index (χ4v) is 7.09. The Kier molecular flexibility index (Phi) is 11.1. The first-order chi connectivity index (χ1) is 22.2. The van der Waals surface area contributed by atoms with Crippen molar-refractivity contribution in [2.24, 2.45) is 13.0 Å². The number of hydrogen-bond donors (Lipinski definition) is 2. The minimum Gasteiger partial charge on any atom is -0.464 e. The maximum atomic E-state index is 14.2. The Morgan fingerprint density at radius 3 is 2.43 bits per heavy atom. The monoisotopic (exact) mass is 644 g/mol. The third kappa shape index (κ3) is 7.93. The number of hydrogen-bond acceptors (Lipinski definition) is 7. The fourth-order valence-electron chi connectivity index (χ4n) is 5.94. The number of carbonyl (C=O) groups excluding carboxylic acids is 3. The van der Waals surface area contributed by atoms with Crippen molar-refractivity contribution >= 4 is 40.1 Å². The largest absolute Gasteiger partial charge is 0.464 e. The SMILES string of the molecule is CCOC(=O)[C@@H](Cc1ccccn1)NC(=O)c1nc([C@H](CC(C)C)NC(=O)N2CCCCCC2)sc1-c1cn(C)c2ccccc12. The molecular formula is C35H44N6O4S. The van der Waals surface area contributed by atoms with Crippen molar-refractivity contribution in [2.75, 3.05) is 19.7 Å². The first kappa shape index (κ1) is 33.1. The molecule has 3 aromatic heterocycles. The second-order valence-corrected chi connectivity index (χ2v) is 13.3. The first-order valence-electron chi connectivity index (χ1n) is 16.2. The zero-order valence-corrected chi connectivity index (χ0v) is 27.9. The van der Waals surface area contributed by atoms with E-state index >= 15 is 0 Å². The number of thiazole rings is 1. The van der Waals surface area contributed by atoms with E-state index in [1.807, 2.05) is 59.1 Å². The van der Waals surface area contributed by atoms with Crippen LogP contribution in [0.4, 0.5) is 4.79 Å². The van der Waals surface area contributed by atoms with Crippen molar-refractivity contribution in [3.05, 3.63) is 71.3 Å². The van der Waals surface area contributed by atoms with Crippen LogP contribution in [0.1, 0.15) is 80.1 Å². The number of aromatic nitrogens is 3. The molecule has 1 aromatic carbocycles. The van der Waals surface area contributed by atoms with Gasteiger partial charge < -0.3 is 24.8 Å². The number of esters is 1. The van der Waals surface area contributed by atoms with Crippen LogP contribution in [-0.2, 0) is 23.0 Å².